The molecule has 0 unspecified atom stereocenters. The van der Waals surface area contributed by atoms with Crippen LogP contribution in [0, 0.1) is 0 Å². The molecule has 1 aliphatic rings. The molecule has 1 aliphatic carbocycles. The van der Waals surface area contributed by atoms with E-state index in [1.54, 1.807) is 17.6 Å². The van der Waals surface area contributed by atoms with Crippen LogP contribution in [0.1, 0.15) is 16.8 Å². The van der Waals surface area contributed by atoms with E-state index in [4.69, 9.17) is 9.51 Å². The van der Waals surface area contributed by atoms with E-state index in [2.05, 4.69) is 29.9 Å². The van der Waals surface area contributed by atoms with Crippen LogP contribution < -0.4 is 0 Å². The Labute approximate surface area is 120 Å². The lowest BCUT2D eigenvalue weighted by molar-refractivity contribution is 0.422. The summed E-state index contributed by atoms with van der Waals surface area (Å²) >= 11 is 1.69. The van der Waals surface area contributed by atoms with E-state index in [-0.39, 0.29) is 0 Å². The minimum Gasteiger partial charge on any atom is -0.364 e. The van der Waals surface area contributed by atoms with E-state index < -0.39 is 0 Å². The lowest BCUT2D eigenvalue weighted by Crippen LogP contribution is -2.02. The van der Waals surface area contributed by atoms with Gasteiger partial charge in [-0.25, -0.2) is 4.98 Å². The lowest BCUT2D eigenvalue weighted by Gasteiger charge is -2.15. The van der Waals surface area contributed by atoms with Gasteiger partial charge in [-0.3, -0.25) is 0 Å². The molecule has 2 heterocycles. The summed E-state index contributed by atoms with van der Waals surface area (Å²) in [7, 11) is 0. The normalized spacial score (nSPS) is 12.8. The van der Waals surface area contributed by atoms with Crippen LogP contribution in [0.4, 0.5) is 0 Å². The molecule has 0 spiro atoms. The van der Waals surface area contributed by atoms with Gasteiger partial charge >= 0.3 is 0 Å². The highest BCUT2D eigenvalue weighted by Crippen LogP contribution is 2.40. The predicted molar refractivity (Wildman–Crippen MR) is 80.5 cm³/mol. The van der Waals surface area contributed by atoms with Crippen molar-refractivity contribution in [1.82, 2.24) is 10.1 Å². The second-order valence-corrected chi connectivity index (χ2v) is 5.80. The van der Waals surface area contributed by atoms with Crippen molar-refractivity contribution in [2.45, 2.75) is 12.8 Å². The molecule has 0 radical (unpaired) electrons. The van der Waals surface area contributed by atoms with E-state index in [1.807, 2.05) is 12.1 Å². The summed E-state index contributed by atoms with van der Waals surface area (Å²) in [5.41, 5.74) is 5.84. The zero-order valence-electron chi connectivity index (χ0n) is 10.8. The highest BCUT2D eigenvalue weighted by molar-refractivity contribution is 7.18. The van der Waals surface area contributed by atoms with Crippen molar-refractivity contribution in [2.75, 3.05) is 0 Å². The summed E-state index contributed by atoms with van der Waals surface area (Å²) in [6.07, 6.45) is 5.49. The second kappa shape index (κ2) is 4.42. The van der Waals surface area contributed by atoms with Crippen molar-refractivity contribution in [3.05, 3.63) is 53.9 Å². The molecular weight excluding hydrogens is 268 g/mol. The minimum atomic E-state index is 0.814. The Morgan fingerprint density at radius 3 is 3.00 bits per heavy atom. The summed E-state index contributed by atoms with van der Waals surface area (Å²) in [6.45, 7) is 3.83. The number of fused-ring (bicyclic) bond motifs is 3. The molecule has 0 bridgehead atoms. The van der Waals surface area contributed by atoms with Gasteiger partial charge in [0.15, 0.2) is 0 Å². The molecule has 0 amide bonds. The minimum absolute atomic E-state index is 0.814. The highest BCUT2D eigenvalue weighted by atomic mass is 32.1. The Morgan fingerprint density at radius 1 is 1.25 bits per heavy atom. The number of aromatic nitrogens is 2. The van der Waals surface area contributed by atoms with Crippen LogP contribution in [0.25, 0.3) is 27.2 Å². The van der Waals surface area contributed by atoms with Crippen LogP contribution in [0.5, 0.6) is 0 Å². The number of aryl methyl sites for hydroxylation is 2. The third-order valence-corrected chi connectivity index (χ3v) is 4.75. The average molecular weight is 280 g/mol. The van der Waals surface area contributed by atoms with Crippen LogP contribution >= 0.6 is 11.3 Å². The Balaban J connectivity index is 1.86. The van der Waals surface area contributed by atoms with Gasteiger partial charge in [0.05, 0.1) is 10.6 Å². The number of rotatable bonds is 2. The van der Waals surface area contributed by atoms with Crippen LogP contribution in [0.2, 0.25) is 0 Å². The maximum atomic E-state index is 4.91. The standard InChI is InChI=1S/C16H12N2OS/c1-2-10-3-5-12-11(9-10)4-6-13-15(12)20-16(17-13)14-7-8-19-18-14/h2-3,5,7-9H,1,4,6H2. The van der Waals surface area contributed by atoms with Crippen molar-refractivity contribution in [3.63, 3.8) is 0 Å². The van der Waals surface area contributed by atoms with Gasteiger partial charge in [0.25, 0.3) is 0 Å². The zero-order valence-corrected chi connectivity index (χ0v) is 11.6. The summed E-state index contributed by atoms with van der Waals surface area (Å²) in [5.74, 6) is 0. The molecule has 4 heteroatoms. The molecule has 0 fully saturated rings. The zero-order chi connectivity index (χ0) is 13.5. The van der Waals surface area contributed by atoms with E-state index in [0.29, 0.717) is 0 Å². The molecule has 20 heavy (non-hydrogen) atoms. The smallest absolute Gasteiger partial charge is 0.146 e. The lowest BCUT2D eigenvalue weighted by atomic mass is 9.92. The molecule has 98 valence electrons. The molecule has 0 atom stereocenters. The number of benzene rings is 1. The molecule has 3 nitrogen and oxygen atoms in total. The first-order valence-electron chi connectivity index (χ1n) is 6.51. The molecule has 0 N–H and O–H groups in total. The second-order valence-electron chi connectivity index (χ2n) is 4.80. The van der Waals surface area contributed by atoms with Gasteiger partial charge in [-0.15, -0.1) is 11.3 Å². The summed E-state index contributed by atoms with van der Waals surface area (Å²) < 4.78 is 4.91. The Kier molecular flexibility index (Phi) is 2.57. The molecule has 0 aliphatic heterocycles. The van der Waals surface area contributed by atoms with Gasteiger partial charge in [0, 0.05) is 6.07 Å². The summed E-state index contributed by atoms with van der Waals surface area (Å²) in [5, 5.41) is 4.91. The fraction of sp³-hybridized carbons (Fsp3) is 0.125. The first-order valence-corrected chi connectivity index (χ1v) is 7.33. The Morgan fingerprint density at radius 2 is 2.20 bits per heavy atom. The van der Waals surface area contributed by atoms with Crippen molar-refractivity contribution in [2.24, 2.45) is 0 Å². The third kappa shape index (κ3) is 1.72. The summed E-state index contributed by atoms with van der Waals surface area (Å²) in [4.78, 5) is 5.97. The molecule has 0 saturated carbocycles. The van der Waals surface area contributed by atoms with Crippen LogP contribution in [0.3, 0.4) is 0 Å². The maximum Gasteiger partial charge on any atom is 0.146 e. The van der Waals surface area contributed by atoms with Gasteiger partial charge in [0.1, 0.15) is 17.0 Å². The molecule has 1 aromatic carbocycles. The predicted octanol–water partition coefficient (Wildman–Crippen LogP) is 4.21. The first-order chi connectivity index (χ1) is 9.85. The molecule has 2 aromatic heterocycles. The molecule has 4 rings (SSSR count). The quantitative estimate of drug-likeness (QED) is 0.706. The third-order valence-electron chi connectivity index (χ3n) is 3.60. The Bertz CT molecular complexity index is 787. The van der Waals surface area contributed by atoms with Gasteiger partial charge in [-0.1, -0.05) is 36.0 Å². The fourth-order valence-electron chi connectivity index (χ4n) is 2.59. The fourth-order valence-corrected chi connectivity index (χ4v) is 3.72. The van der Waals surface area contributed by atoms with Gasteiger partial charge in [-0.2, -0.15) is 0 Å². The van der Waals surface area contributed by atoms with Gasteiger partial charge in [0.2, 0.25) is 0 Å². The van der Waals surface area contributed by atoms with E-state index in [9.17, 15) is 0 Å². The highest BCUT2D eigenvalue weighted by Gasteiger charge is 2.22. The van der Waals surface area contributed by atoms with Crippen LogP contribution in [-0.2, 0) is 12.8 Å². The number of thiazole rings is 1. The number of hydrogen-bond acceptors (Lipinski definition) is 4. The van der Waals surface area contributed by atoms with E-state index in [0.717, 1.165) is 23.5 Å². The molecular formula is C16H12N2OS. The number of hydrogen-bond donors (Lipinski definition) is 0. The monoisotopic (exact) mass is 280 g/mol. The maximum absolute atomic E-state index is 4.91. The van der Waals surface area contributed by atoms with Crippen molar-refractivity contribution >= 4 is 17.4 Å². The summed E-state index contributed by atoms with van der Waals surface area (Å²) in [6, 6.07) is 8.36. The van der Waals surface area contributed by atoms with E-state index >= 15 is 0 Å². The SMILES string of the molecule is C=Cc1ccc2c(c1)CCc1nc(-c3ccon3)sc1-2. The Hall–Kier alpha value is -2.20. The van der Waals surface area contributed by atoms with Crippen LogP contribution in [0.15, 0.2) is 41.6 Å². The van der Waals surface area contributed by atoms with Crippen molar-refractivity contribution in [3.8, 4) is 21.1 Å². The first kappa shape index (κ1) is 11.6. The van der Waals surface area contributed by atoms with Gasteiger partial charge < -0.3 is 4.52 Å². The number of nitrogens with zero attached hydrogens (tertiary/aromatic N) is 2. The molecule has 0 saturated heterocycles. The van der Waals surface area contributed by atoms with E-state index in [1.165, 1.54) is 27.3 Å². The van der Waals surface area contributed by atoms with Gasteiger partial charge in [-0.05, 0) is 29.5 Å². The van der Waals surface area contributed by atoms with Crippen molar-refractivity contribution < 1.29 is 4.52 Å². The topological polar surface area (TPSA) is 38.9 Å². The molecule has 3 aromatic rings. The average Bonchev–Trinajstić information content (AvgIpc) is 3.15. The van der Waals surface area contributed by atoms with Crippen LogP contribution in [-0.4, -0.2) is 10.1 Å². The van der Waals surface area contributed by atoms with Crippen molar-refractivity contribution in [1.29, 1.82) is 0 Å². The largest absolute Gasteiger partial charge is 0.364 e.